The van der Waals surface area contributed by atoms with E-state index in [1.807, 2.05) is 0 Å². The minimum atomic E-state index is -0.356. The van der Waals surface area contributed by atoms with Crippen LogP contribution in [0.4, 0.5) is 0 Å². The average molecular weight is 227 g/mol. The number of aromatic nitrogens is 2. The first-order chi connectivity index (χ1) is 6.93. The minimum absolute atomic E-state index is 0.173. The Labute approximate surface area is 92.1 Å². The van der Waals surface area contributed by atoms with E-state index in [0.717, 1.165) is 4.57 Å². The Hall–Kier alpha value is -1.43. The van der Waals surface area contributed by atoms with Crippen LogP contribution < -0.4 is 17.0 Å². The van der Waals surface area contributed by atoms with Gasteiger partial charge in [-0.25, -0.2) is 4.79 Å². The van der Waals surface area contributed by atoms with Gasteiger partial charge in [-0.2, -0.15) is 0 Å². The van der Waals surface area contributed by atoms with Crippen LogP contribution in [-0.2, 0) is 13.6 Å². The van der Waals surface area contributed by atoms with Crippen molar-refractivity contribution in [2.24, 2.45) is 18.7 Å². The summed E-state index contributed by atoms with van der Waals surface area (Å²) in [4.78, 5) is 23.3. The molecule has 1 atom stereocenters. The van der Waals surface area contributed by atoms with Gasteiger partial charge in [-0.1, -0.05) is 19.1 Å². The number of aryl methyl sites for hydroxylation is 1. The Morgan fingerprint density at radius 3 is 2.73 bits per heavy atom. The lowest BCUT2D eigenvalue weighted by molar-refractivity contribution is 0.532. The van der Waals surface area contributed by atoms with Crippen LogP contribution in [0.2, 0.25) is 0 Å². The molecule has 0 aliphatic rings. The quantitative estimate of drug-likeness (QED) is 0.705. The molecule has 1 heterocycles. The van der Waals surface area contributed by atoms with Gasteiger partial charge in [0.2, 0.25) is 0 Å². The predicted molar refractivity (Wildman–Crippen MR) is 61.9 cm³/mol. The van der Waals surface area contributed by atoms with Crippen LogP contribution in [0.5, 0.6) is 0 Å². The van der Waals surface area contributed by atoms with E-state index in [0.29, 0.717) is 4.99 Å². The fourth-order valence-electron chi connectivity index (χ4n) is 1.15. The molecule has 82 valence electrons. The summed E-state index contributed by atoms with van der Waals surface area (Å²) in [5, 5.41) is 0. The smallest absolute Gasteiger partial charge is 0.330 e. The molecule has 6 heteroatoms. The number of rotatable bonds is 3. The van der Waals surface area contributed by atoms with Crippen molar-refractivity contribution >= 4 is 17.2 Å². The van der Waals surface area contributed by atoms with Crippen LogP contribution in [0.15, 0.2) is 21.9 Å². The summed E-state index contributed by atoms with van der Waals surface area (Å²) in [7, 11) is 1.59. The highest BCUT2D eigenvalue weighted by atomic mass is 32.1. The standard InChI is InChI=1S/C9H13N3O2S/c1-6(8(10)15)5-12-7(13)3-4-11(2)9(12)14/h3-4,6H,5H2,1-2H3,(H2,10,15). The lowest BCUT2D eigenvalue weighted by Crippen LogP contribution is -2.40. The van der Waals surface area contributed by atoms with Crippen LogP contribution in [0.25, 0.3) is 0 Å². The highest BCUT2D eigenvalue weighted by molar-refractivity contribution is 7.80. The van der Waals surface area contributed by atoms with Gasteiger partial charge in [0.1, 0.15) is 0 Å². The Balaban J connectivity index is 3.15. The zero-order chi connectivity index (χ0) is 11.6. The van der Waals surface area contributed by atoms with Gasteiger partial charge < -0.3 is 10.3 Å². The maximum atomic E-state index is 11.6. The molecule has 0 amide bonds. The Morgan fingerprint density at radius 2 is 2.20 bits per heavy atom. The van der Waals surface area contributed by atoms with E-state index in [1.54, 1.807) is 14.0 Å². The molecule has 0 bridgehead atoms. The second-order valence-electron chi connectivity index (χ2n) is 3.46. The summed E-state index contributed by atoms with van der Waals surface area (Å²) < 4.78 is 2.47. The van der Waals surface area contributed by atoms with Crippen molar-refractivity contribution in [2.75, 3.05) is 0 Å². The van der Waals surface area contributed by atoms with Crippen molar-refractivity contribution < 1.29 is 0 Å². The lowest BCUT2D eigenvalue weighted by atomic mass is 10.2. The summed E-state index contributed by atoms with van der Waals surface area (Å²) >= 11 is 4.79. The highest BCUT2D eigenvalue weighted by Crippen LogP contribution is 1.96. The molecule has 0 aliphatic heterocycles. The van der Waals surface area contributed by atoms with E-state index in [4.69, 9.17) is 18.0 Å². The maximum absolute atomic E-state index is 11.6. The predicted octanol–water partition coefficient (Wildman–Crippen LogP) is -0.531. The molecule has 0 saturated carbocycles. The zero-order valence-corrected chi connectivity index (χ0v) is 9.45. The number of hydrogen-bond donors (Lipinski definition) is 1. The van der Waals surface area contributed by atoms with E-state index in [-0.39, 0.29) is 23.7 Å². The molecule has 1 rings (SSSR count). The first-order valence-corrected chi connectivity index (χ1v) is 4.90. The summed E-state index contributed by atoms with van der Waals surface area (Å²) in [6.45, 7) is 2.00. The fourth-order valence-corrected chi connectivity index (χ4v) is 1.22. The van der Waals surface area contributed by atoms with Gasteiger partial charge in [0.05, 0.1) is 4.99 Å². The molecule has 2 N–H and O–H groups in total. The Kier molecular flexibility index (Phi) is 3.41. The van der Waals surface area contributed by atoms with Gasteiger partial charge in [-0.3, -0.25) is 9.36 Å². The van der Waals surface area contributed by atoms with Crippen molar-refractivity contribution in [3.05, 3.63) is 33.1 Å². The van der Waals surface area contributed by atoms with Crippen LogP contribution >= 0.6 is 12.2 Å². The van der Waals surface area contributed by atoms with Crippen LogP contribution in [0, 0.1) is 5.92 Å². The molecule has 1 aromatic heterocycles. The highest BCUT2D eigenvalue weighted by Gasteiger charge is 2.10. The third-order valence-electron chi connectivity index (χ3n) is 2.18. The normalized spacial score (nSPS) is 12.4. The first kappa shape index (κ1) is 11.6. The van der Waals surface area contributed by atoms with E-state index >= 15 is 0 Å². The zero-order valence-electron chi connectivity index (χ0n) is 8.64. The molecule has 0 saturated heterocycles. The molecule has 1 unspecified atom stereocenters. The second kappa shape index (κ2) is 4.39. The van der Waals surface area contributed by atoms with Gasteiger partial charge in [0, 0.05) is 31.8 Å². The third-order valence-corrected chi connectivity index (χ3v) is 2.58. The molecule has 0 spiro atoms. The monoisotopic (exact) mass is 227 g/mol. The third kappa shape index (κ3) is 2.53. The van der Waals surface area contributed by atoms with Gasteiger partial charge >= 0.3 is 5.69 Å². The second-order valence-corrected chi connectivity index (χ2v) is 3.93. The fraction of sp³-hybridized carbons (Fsp3) is 0.444. The van der Waals surface area contributed by atoms with Gasteiger partial charge in [-0.15, -0.1) is 0 Å². The van der Waals surface area contributed by atoms with Gasteiger partial charge in [-0.05, 0) is 0 Å². The van der Waals surface area contributed by atoms with Gasteiger partial charge in [0.15, 0.2) is 0 Å². The summed E-state index contributed by atoms with van der Waals surface area (Å²) in [6.07, 6.45) is 1.44. The van der Waals surface area contributed by atoms with E-state index in [9.17, 15) is 9.59 Å². The SMILES string of the molecule is CC(Cn1c(=O)ccn(C)c1=O)C(N)=S. The summed E-state index contributed by atoms with van der Waals surface area (Å²) in [6, 6.07) is 1.34. The first-order valence-electron chi connectivity index (χ1n) is 4.49. The van der Waals surface area contributed by atoms with Crippen molar-refractivity contribution in [3.8, 4) is 0 Å². The van der Waals surface area contributed by atoms with Crippen molar-refractivity contribution in [2.45, 2.75) is 13.5 Å². The number of thiocarbonyl (C=S) groups is 1. The molecular formula is C9H13N3O2S. The summed E-state index contributed by atoms with van der Waals surface area (Å²) in [5.74, 6) is -0.173. The molecule has 0 fully saturated rings. The molecule has 5 nitrogen and oxygen atoms in total. The lowest BCUT2D eigenvalue weighted by Gasteiger charge is -2.11. The molecule has 0 aliphatic carbocycles. The van der Waals surface area contributed by atoms with Crippen LogP contribution in [0.1, 0.15) is 6.92 Å². The van der Waals surface area contributed by atoms with E-state index in [2.05, 4.69) is 0 Å². The number of nitrogens with two attached hydrogens (primary N) is 1. The van der Waals surface area contributed by atoms with Crippen molar-refractivity contribution in [1.29, 1.82) is 0 Å². The van der Waals surface area contributed by atoms with E-state index in [1.165, 1.54) is 16.8 Å². The largest absolute Gasteiger partial charge is 0.393 e. The van der Waals surface area contributed by atoms with Crippen molar-refractivity contribution in [1.82, 2.24) is 9.13 Å². The van der Waals surface area contributed by atoms with Gasteiger partial charge in [0.25, 0.3) is 5.56 Å². The van der Waals surface area contributed by atoms with Crippen LogP contribution in [0.3, 0.4) is 0 Å². The van der Waals surface area contributed by atoms with E-state index < -0.39 is 0 Å². The molecule has 1 aromatic rings. The molecular weight excluding hydrogens is 214 g/mol. The Morgan fingerprint density at radius 1 is 1.60 bits per heavy atom. The number of nitrogens with zero attached hydrogens (tertiary/aromatic N) is 2. The average Bonchev–Trinajstić information content (AvgIpc) is 2.18. The summed E-state index contributed by atoms with van der Waals surface area (Å²) in [5.41, 5.74) is 4.74. The molecule has 0 radical (unpaired) electrons. The minimum Gasteiger partial charge on any atom is -0.393 e. The topological polar surface area (TPSA) is 70.0 Å². The molecule has 15 heavy (non-hydrogen) atoms. The number of hydrogen-bond acceptors (Lipinski definition) is 3. The van der Waals surface area contributed by atoms with Crippen molar-refractivity contribution in [3.63, 3.8) is 0 Å². The van der Waals surface area contributed by atoms with Crippen LogP contribution in [-0.4, -0.2) is 14.1 Å². The Bertz CT molecular complexity index is 489. The maximum Gasteiger partial charge on any atom is 0.330 e. The molecule has 0 aromatic carbocycles.